The van der Waals surface area contributed by atoms with Crippen LogP contribution in [0.2, 0.25) is 0 Å². The first-order valence-electron chi connectivity index (χ1n) is 22.7. The topological polar surface area (TPSA) is 60.5 Å². The Hall–Kier alpha value is -6.83. The Morgan fingerprint density at radius 3 is 2.05 bits per heavy atom. The Balaban J connectivity index is 0.832. The quantitative estimate of drug-likeness (QED) is 0.178. The normalized spacial score (nSPS) is 21.1. The van der Waals surface area contributed by atoms with Crippen molar-refractivity contribution in [3.05, 3.63) is 220 Å². The number of nitrogens with one attached hydrogen (secondary N) is 1. The van der Waals surface area contributed by atoms with Crippen molar-refractivity contribution in [1.29, 1.82) is 5.26 Å². The Morgan fingerprint density at radius 2 is 1.34 bits per heavy atom. The van der Waals surface area contributed by atoms with Crippen LogP contribution >= 0.6 is 0 Å². The zero-order valence-electron chi connectivity index (χ0n) is 35.2. The molecule has 0 aromatic heterocycles. The van der Waals surface area contributed by atoms with Gasteiger partial charge in [-0.25, -0.2) is 9.98 Å². The molecular weight excluding hydrogens is 753 g/mol. The number of nitriles is 1. The van der Waals surface area contributed by atoms with Crippen molar-refractivity contribution in [2.24, 2.45) is 15.9 Å². The molecule has 5 aliphatic carbocycles. The average molecular weight is 803 g/mol. The summed E-state index contributed by atoms with van der Waals surface area (Å²) in [5.41, 5.74) is 19.0. The maximum absolute atomic E-state index is 9.87. The van der Waals surface area contributed by atoms with Crippen LogP contribution in [0.15, 0.2) is 196 Å². The number of rotatable bonds is 7. The highest BCUT2D eigenvalue weighted by Crippen LogP contribution is 2.58. The highest BCUT2D eigenvalue weighted by molar-refractivity contribution is 6.16. The first kappa shape index (κ1) is 38.1. The third-order valence-electron chi connectivity index (χ3n) is 14.2. The van der Waals surface area contributed by atoms with Crippen LogP contribution in [0, 0.1) is 17.2 Å². The van der Waals surface area contributed by atoms with Gasteiger partial charge in [0.05, 0.1) is 11.6 Å². The molecule has 302 valence electrons. The van der Waals surface area contributed by atoms with Gasteiger partial charge in [0, 0.05) is 22.5 Å². The van der Waals surface area contributed by atoms with Crippen molar-refractivity contribution in [3.8, 4) is 28.3 Å². The minimum Gasteiger partial charge on any atom is -0.324 e. The number of fused-ring (bicyclic) bond motifs is 5. The molecule has 0 radical (unpaired) electrons. The molecule has 1 N–H and O–H groups in total. The molecular formula is C58H50N4. The van der Waals surface area contributed by atoms with Crippen LogP contribution in [0.5, 0.6) is 0 Å². The summed E-state index contributed by atoms with van der Waals surface area (Å²) in [6.45, 7) is 0. The van der Waals surface area contributed by atoms with Gasteiger partial charge in [0.2, 0.25) is 0 Å². The van der Waals surface area contributed by atoms with Crippen molar-refractivity contribution in [2.45, 2.75) is 75.8 Å². The van der Waals surface area contributed by atoms with Crippen LogP contribution in [0.3, 0.4) is 0 Å². The maximum Gasteiger partial charge on any atom is 0.166 e. The number of hydrogen-bond acceptors (Lipinski definition) is 4. The lowest BCUT2D eigenvalue weighted by atomic mass is 9.67. The van der Waals surface area contributed by atoms with Gasteiger partial charge in [-0.05, 0) is 118 Å². The Kier molecular flexibility index (Phi) is 9.97. The number of allylic oxidation sites excluding steroid dienone is 11. The van der Waals surface area contributed by atoms with E-state index in [4.69, 9.17) is 9.98 Å². The zero-order valence-corrected chi connectivity index (χ0v) is 35.2. The van der Waals surface area contributed by atoms with E-state index in [-0.39, 0.29) is 11.6 Å². The van der Waals surface area contributed by atoms with Crippen molar-refractivity contribution >= 4 is 17.2 Å². The Bertz CT molecular complexity index is 2870. The highest BCUT2D eigenvalue weighted by Gasteiger charge is 2.44. The van der Waals surface area contributed by atoms with Crippen LogP contribution < -0.4 is 5.32 Å². The predicted octanol–water partition coefficient (Wildman–Crippen LogP) is 13.5. The highest BCUT2D eigenvalue weighted by atomic mass is 15.2. The zero-order chi connectivity index (χ0) is 41.5. The lowest BCUT2D eigenvalue weighted by molar-refractivity contribution is 0.353. The first-order valence-corrected chi connectivity index (χ1v) is 22.7. The van der Waals surface area contributed by atoms with E-state index in [1.807, 2.05) is 12.1 Å². The average Bonchev–Trinajstić information content (AvgIpc) is 3.62. The van der Waals surface area contributed by atoms with Gasteiger partial charge in [0.25, 0.3) is 0 Å². The van der Waals surface area contributed by atoms with Crippen LogP contribution in [-0.4, -0.2) is 17.8 Å². The monoisotopic (exact) mass is 802 g/mol. The van der Waals surface area contributed by atoms with Gasteiger partial charge < -0.3 is 5.32 Å². The second-order valence-electron chi connectivity index (χ2n) is 17.7. The van der Waals surface area contributed by atoms with E-state index >= 15 is 0 Å². The molecule has 6 aliphatic rings. The third-order valence-corrected chi connectivity index (χ3v) is 14.2. The largest absolute Gasteiger partial charge is 0.324 e. The summed E-state index contributed by atoms with van der Waals surface area (Å²) in [5, 5.41) is 13.5. The number of benzene rings is 5. The van der Waals surface area contributed by atoms with Crippen molar-refractivity contribution in [2.75, 3.05) is 0 Å². The van der Waals surface area contributed by atoms with Crippen molar-refractivity contribution in [3.63, 3.8) is 0 Å². The van der Waals surface area contributed by atoms with E-state index in [0.717, 1.165) is 60.5 Å². The summed E-state index contributed by atoms with van der Waals surface area (Å²) in [6, 6.07) is 45.5. The van der Waals surface area contributed by atoms with Crippen LogP contribution in [0.1, 0.15) is 97.6 Å². The van der Waals surface area contributed by atoms with Gasteiger partial charge in [0.1, 0.15) is 11.7 Å². The molecule has 62 heavy (non-hydrogen) atoms. The summed E-state index contributed by atoms with van der Waals surface area (Å²) >= 11 is 0. The van der Waals surface area contributed by atoms with Gasteiger partial charge >= 0.3 is 0 Å². The molecule has 2 atom stereocenters. The molecule has 2 unspecified atom stereocenters. The van der Waals surface area contributed by atoms with Gasteiger partial charge in [-0.1, -0.05) is 177 Å². The van der Waals surface area contributed by atoms with Crippen LogP contribution in [0.4, 0.5) is 0 Å². The van der Waals surface area contributed by atoms with E-state index in [2.05, 4.69) is 163 Å². The molecule has 11 rings (SSSR count). The van der Waals surface area contributed by atoms with E-state index in [9.17, 15) is 5.26 Å². The van der Waals surface area contributed by atoms with E-state index < -0.39 is 0 Å². The maximum atomic E-state index is 9.87. The molecule has 4 heteroatoms. The summed E-state index contributed by atoms with van der Waals surface area (Å²) in [6.07, 6.45) is 27.7. The molecule has 4 nitrogen and oxygen atoms in total. The molecule has 0 amide bonds. The molecule has 0 saturated heterocycles. The molecule has 1 fully saturated rings. The molecule has 1 spiro atoms. The van der Waals surface area contributed by atoms with Gasteiger partial charge in [-0.2, -0.15) is 5.26 Å². The Morgan fingerprint density at radius 1 is 0.613 bits per heavy atom. The Labute approximate surface area is 365 Å². The lowest BCUT2D eigenvalue weighted by Crippen LogP contribution is -2.38. The SMILES string of the molecule is N#Cc1ccc2c(c1)-c1c(C3=CC=C(C4C=CC(C5=CCCC(C6N=C(c7ccccc7)NC(c7ccc(-c8ccccc8)cc7)=N6)=C5)=CC4)CC3)cccc1C21CCCCC1. The molecule has 0 bridgehead atoms. The van der Waals surface area contributed by atoms with Gasteiger partial charge in [-0.15, -0.1) is 0 Å². The van der Waals surface area contributed by atoms with Crippen LogP contribution in [0.25, 0.3) is 27.8 Å². The van der Waals surface area contributed by atoms with E-state index in [0.29, 0.717) is 5.92 Å². The standard InChI is InChI=1S/C58H50N4/c59-38-39-20-33-52-51(36-39)54-50(18-11-19-53(54)58(52)34-8-3-9-35-58)45-29-25-43(26-30-45)42-21-23-44(24-22-42)48-16-10-17-49(37-48)57-61-55(46-14-6-2-7-15-46)60-56(62-57)47-31-27-41(28-32-47)40-12-4-1-5-13-40/h1-2,4-7,11-16,18-21,23-25,27-29,31-33,36-37,42,57H,3,8-10,17,22,26,30,34-35H2,(H,60,61,62). The number of nitrogens with zero attached hydrogens (tertiary/aromatic N) is 3. The van der Waals surface area contributed by atoms with Crippen molar-refractivity contribution in [1.82, 2.24) is 5.32 Å². The number of hydrogen-bond donors (Lipinski definition) is 1. The second-order valence-corrected chi connectivity index (χ2v) is 17.7. The minimum absolute atomic E-state index is 0.0851. The summed E-state index contributed by atoms with van der Waals surface area (Å²) in [7, 11) is 0. The van der Waals surface area contributed by atoms with E-state index in [1.165, 1.54) is 98.9 Å². The predicted molar refractivity (Wildman–Crippen MR) is 255 cm³/mol. The molecule has 1 heterocycles. The lowest BCUT2D eigenvalue weighted by Gasteiger charge is -2.36. The molecule has 5 aromatic carbocycles. The molecule has 5 aromatic rings. The van der Waals surface area contributed by atoms with Crippen molar-refractivity contribution < 1.29 is 0 Å². The summed E-state index contributed by atoms with van der Waals surface area (Å²) < 4.78 is 0. The first-order chi connectivity index (χ1) is 30.6. The van der Waals surface area contributed by atoms with Gasteiger partial charge in [0.15, 0.2) is 6.17 Å². The second kappa shape index (κ2) is 16.2. The fourth-order valence-electron chi connectivity index (χ4n) is 11.0. The summed E-state index contributed by atoms with van der Waals surface area (Å²) in [4.78, 5) is 10.5. The van der Waals surface area contributed by atoms with E-state index in [1.54, 1.807) is 0 Å². The molecule has 1 aliphatic heterocycles. The number of aliphatic imine (C=N–C) groups is 2. The molecule has 1 saturated carbocycles. The fourth-order valence-corrected chi connectivity index (χ4v) is 11.0. The minimum atomic E-state index is -0.297. The summed E-state index contributed by atoms with van der Waals surface area (Å²) in [5.74, 6) is 2.10. The van der Waals surface area contributed by atoms with Crippen LogP contribution in [-0.2, 0) is 5.41 Å². The van der Waals surface area contributed by atoms with Gasteiger partial charge in [-0.3, -0.25) is 0 Å². The third kappa shape index (κ3) is 6.96. The smallest absolute Gasteiger partial charge is 0.166 e. The number of amidine groups is 2. The fraction of sp³-hybridized carbons (Fsp3) is 0.224.